The zero-order chi connectivity index (χ0) is 12.8. The lowest BCUT2D eigenvalue weighted by Gasteiger charge is -2.22. The van der Waals surface area contributed by atoms with Crippen LogP contribution in [0.1, 0.15) is 32.1 Å². The van der Waals surface area contributed by atoms with Gasteiger partial charge in [0.25, 0.3) is 0 Å². The Morgan fingerprint density at radius 2 is 2.06 bits per heavy atom. The molecule has 4 heteroatoms. The molecule has 0 bridgehead atoms. The van der Waals surface area contributed by atoms with E-state index in [0.29, 0.717) is 17.6 Å². The molecule has 0 aromatic heterocycles. The molecule has 0 radical (unpaired) electrons. The third kappa shape index (κ3) is 4.22. The summed E-state index contributed by atoms with van der Waals surface area (Å²) in [6, 6.07) is 7.76. The SMILES string of the molecule is O=C(CNc1cccc(Cl)c1)NC1CCCCC1. The van der Waals surface area contributed by atoms with Crippen LogP contribution in [0.3, 0.4) is 0 Å². The van der Waals surface area contributed by atoms with Gasteiger partial charge in [-0.15, -0.1) is 0 Å². The topological polar surface area (TPSA) is 41.1 Å². The number of hydrogen-bond acceptors (Lipinski definition) is 2. The molecular weight excluding hydrogens is 248 g/mol. The maximum atomic E-state index is 11.8. The number of nitrogens with one attached hydrogen (secondary N) is 2. The van der Waals surface area contributed by atoms with Gasteiger partial charge in [0.1, 0.15) is 0 Å². The highest BCUT2D eigenvalue weighted by Gasteiger charge is 2.15. The first kappa shape index (κ1) is 13.2. The summed E-state index contributed by atoms with van der Waals surface area (Å²) >= 11 is 5.88. The molecule has 3 nitrogen and oxygen atoms in total. The summed E-state index contributed by atoms with van der Waals surface area (Å²) in [5, 5.41) is 6.82. The number of rotatable bonds is 4. The molecule has 1 amide bonds. The predicted octanol–water partition coefficient (Wildman–Crippen LogP) is 3.20. The largest absolute Gasteiger partial charge is 0.376 e. The quantitative estimate of drug-likeness (QED) is 0.879. The summed E-state index contributed by atoms with van der Waals surface area (Å²) in [6.45, 7) is 0.302. The number of anilines is 1. The second-order valence-electron chi connectivity index (χ2n) is 4.77. The fourth-order valence-electron chi connectivity index (χ4n) is 2.31. The monoisotopic (exact) mass is 266 g/mol. The normalized spacial score (nSPS) is 16.3. The minimum Gasteiger partial charge on any atom is -0.376 e. The lowest BCUT2D eigenvalue weighted by molar-refractivity contribution is -0.120. The Morgan fingerprint density at radius 3 is 2.78 bits per heavy atom. The van der Waals surface area contributed by atoms with Crippen LogP contribution in [0.4, 0.5) is 5.69 Å². The van der Waals surface area contributed by atoms with Crippen molar-refractivity contribution in [2.24, 2.45) is 0 Å². The van der Waals surface area contributed by atoms with E-state index in [1.54, 1.807) is 0 Å². The molecular formula is C14H19ClN2O. The van der Waals surface area contributed by atoms with Crippen molar-refractivity contribution < 1.29 is 4.79 Å². The van der Waals surface area contributed by atoms with Gasteiger partial charge in [-0.05, 0) is 31.0 Å². The highest BCUT2D eigenvalue weighted by molar-refractivity contribution is 6.30. The summed E-state index contributed by atoms with van der Waals surface area (Å²) in [5.74, 6) is 0.0573. The lowest BCUT2D eigenvalue weighted by atomic mass is 9.95. The van der Waals surface area contributed by atoms with Crippen LogP contribution in [0, 0.1) is 0 Å². The molecule has 0 spiro atoms. The Kier molecular flexibility index (Phi) is 4.88. The molecule has 98 valence electrons. The van der Waals surface area contributed by atoms with Gasteiger partial charge in [0.2, 0.25) is 5.91 Å². The Morgan fingerprint density at radius 1 is 1.28 bits per heavy atom. The Labute approximate surface area is 113 Å². The van der Waals surface area contributed by atoms with Crippen molar-refractivity contribution in [3.63, 3.8) is 0 Å². The predicted molar refractivity (Wildman–Crippen MR) is 75.0 cm³/mol. The van der Waals surface area contributed by atoms with Crippen molar-refractivity contribution in [1.29, 1.82) is 0 Å². The zero-order valence-electron chi connectivity index (χ0n) is 10.4. The smallest absolute Gasteiger partial charge is 0.239 e. The van der Waals surface area contributed by atoms with Gasteiger partial charge in [-0.25, -0.2) is 0 Å². The van der Waals surface area contributed by atoms with E-state index in [9.17, 15) is 4.79 Å². The third-order valence-corrected chi connectivity index (χ3v) is 3.48. The van der Waals surface area contributed by atoms with Crippen LogP contribution in [0.5, 0.6) is 0 Å². The first-order chi connectivity index (χ1) is 8.74. The van der Waals surface area contributed by atoms with Crippen LogP contribution in [-0.2, 0) is 4.79 Å². The van der Waals surface area contributed by atoms with E-state index in [-0.39, 0.29) is 5.91 Å². The molecule has 0 aliphatic heterocycles. The van der Waals surface area contributed by atoms with Gasteiger partial charge < -0.3 is 10.6 Å². The minimum atomic E-state index is 0.0573. The molecule has 2 N–H and O–H groups in total. The highest BCUT2D eigenvalue weighted by atomic mass is 35.5. The van der Waals surface area contributed by atoms with Crippen molar-refractivity contribution in [1.82, 2.24) is 5.32 Å². The Hall–Kier alpha value is -1.22. The Balaban J connectivity index is 1.74. The molecule has 0 saturated heterocycles. The van der Waals surface area contributed by atoms with E-state index < -0.39 is 0 Å². The number of carbonyl (C=O) groups excluding carboxylic acids is 1. The number of amides is 1. The second kappa shape index (κ2) is 6.64. The van der Waals surface area contributed by atoms with Crippen molar-refractivity contribution in [2.75, 3.05) is 11.9 Å². The standard InChI is InChI=1S/C14H19ClN2O/c15-11-5-4-8-13(9-11)16-10-14(18)17-12-6-2-1-3-7-12/h4-5,8-9,12,16H,1-3,6-7,10H2,(H,17,18). The molecule has 0 atom stereocenters. The number of benzene rings is 1. The van der Waals surface area contributed by atoms with E-state index in [1.165, 1.54) is 19.3 Å². The summed E-state index contributed by atoms with van der Waals surface area (Å²) < 4.78 is 0. The third-order valence-electron chi connectivity index (χ3n) is 3.25. The van der Waals surface area contributed by atoms with Crippen LogP contribution >= 0.6 is 11.6 Å². The van der Waals surface area contributed by atoms with E-state index in [4.69, 9.17) is 11.6 Å². The molecule has 1 aromatic carbocycles. The number of halogens is 1. The van der Waals surface area contributed by atoms with Gasteiger partial charge in [0.15, 0.2) is 0 Å². The van der Waals surface area contributed by atoms with E-state index in [1.807, 2.05) is 24.3 Å². The zero-order valence-corrected chi connectivity index (χ0v) is 11.2. The summed E-state index contributed by atoms with van der Waals surface area (Å²) in [6.07, 6.45) is 5.98. The first-order valence-electron chi connectivity index (χ1n) is 6.53. The van der Waals surface area contributed by atoms with Crippen molar-refractivity contribution >= 4 is 23.2 Å². The van der Waals surface area contributed by atoms with Crippen LogP contribution < -0.4 is 10.6 Å². The maximum Gasteiger partial charge on any atom is 0.239 e. The summed E-state index contributed by atoms with van der Waals surface area (Å²) in [5.41, 5.74) is 0.876. The van der Waals surface area contributed by atoms with Gasteiger partial charge in [-0.2, -0.15) is 0 Å². The summed E-state index contributed by atoms with van der Waals surface area (Å²) in [7, 11) is 0. The van der Waals surface area contributed by atoms with E-state index in [0.717, 1.165) is 18.5 Å². The molecule has 1 aromatic rings. The van der Waals surface area contributed by atoms with E-state index in [2.05, 4.69) is 10.6 Å². The van der Waals surface area contributed by atoms with Crippen molar-refractivity contribution in [3.05, 3.63) is 29.3 Å². The fourth-order valence-corrected chi connectivity index (χ4v) is 2.50. The molecule has 1 aliphatic rings. The fraction of sp³-hybridized carbons (Fsp3) is 0.500. The molecule has 1 saturated carbocycles. The van der Waals surface area contributed by atoms with Crippen LogP contribution in [0.2, 0.25) is 5.02 Å². The lowest BCUT2D eigenvalue weighted by Crippen LogP contribution is -2.39. The van der Waals surface area contributed by atoms with Gasteiger partial charge in [0, 0.05) is 16.8 Å². The molecule has 1 fully saturated rings. The first-order valence-corrected chi connectivity index (χ1v) is 6.90. The minimum absolute atomic E-state index is 0.0573. The maximum absolute atomic E-state index is 11.8. The van der Waals surface area contributed by atoms with Crippen LogP contribution in [0.15, 0.2) is 24.3 Å². The van der Waals surface area contributed by atoms with Crippen LogP contribution in [0.25, 0.3) is 0 Å². The molecule has 1 aliphatic carbocycles. The average Bonchev–Trinajstić information content (AvgIpc) is 2.38. The van der Waals surface area contributed by atoms with Crippen LogP contribution in [-0.4, -0.2) is 18.5 Å². The molecule has 18 heavy (non-hydrogen) atoms. The van der Waals surface area contributed by atoms with Gasteiger partial charge in [-0.1, -0.05) is 36.9 Å². The molecule has 0 unspecified atom stereocenters. The second-order valence-corrected chi connectivity index (χ2v) is 5.20. The molecule has 0 heterocycles. The van der Waals surface area contributed by atoms with Gasteiger partial charge in [0.05, 0.1) is 6.54 Å². The number of carbonyl (C=O) groups is 1. The van der Waals surface area contributed by atoms with Gasteiger partial charge in [-0.3, -0.25) is 4.79 Å². The summed E-state index contributed by atoms with van der Waals surface area (Å²) in [4.78, 5) is 11.8. The highest BCUT2D eigenvalue weighted by Crippen LogP contribution is 2.17. The average molecular weight is 267 g/mol. The van der Waals surface area contributed by atoms with Gasteiger partial charge >= 0.3 is 0 Å². The number of hydrogen-bond donors (Lipinski definition) is 2. The van der Waals surface area contributed by atoms with Crippen molar-refractivity contribution in [3.8, 4) is 0 Å². The van der Waals surface area contributed by atoms with Crippen molar-refractivity contribution in [2.45, 2.75) is 38.1 Å². The molecule has 2 rings (SSSR count). The van der Waals surface area contributed by atoms with E-state index >= 15 is 0 Å². The Bertz CT molecular complexity index is 403.